The lowest BCUT2D eigenvalue weighted by atomic mass is 10.2. The van der Waals surface area contributed by atoms with Crippen LogP contribution in [0.4, 0.5) is 20.5 Å². The first-order valence-corrected chi connectivity index (χ1v) is 11.4. The second-order valence-corrected chi connectivity index (χ2v) is 9.16. The van der Waals surface area contributed by atoms with Crippen LogP contribution in [-0.4, -0.2) is 75.2 Å². The van der Waals surface area contributed by atoms with Crippen molar-refractivity contribution in [2.24, 2.45) is 0 Å². The number of piperazine rings is 1. The molecule has 1 aromatic heterocycles. The first-order chi connectivity index (χ1) is 14.4. The Bertz CT molecular complexity index is 993. The van der Waals surface area contributed by atoms with Gasteiger partial charge in [0.05, 0.1) is 19.0 Å². The monoisotopic (exact) mass is 439 g/mol. The van der Waals surface area contributed by atoms with Crippen LogP contribution in [0.5, 0.6) is 0 Å². The van der Waals surface area contributed by atoms with E-state index in [0.29, 0.717) is 32.3 Å². The highest BCUT2D eigenvalue weighted by molar-refractivity contribution is 7.88. The summed E-state index contributed by atoms with van der Waals surface area (Å²) in [5.74, 6) is -0.584. The number of morpholine rings is 1. The number of ether oxygens (including phenoxy) is 1. The standard InChI is InChI=1S/C19H23F2N5O3S/c20-16-1-2-17(21)15(13-16)14-30(27,28)26-7-5-24(6-8-26)18-3-4-22-19(23-18)25-9-11-29-12-10-25/h1-4,13H,5-12,14H2. The largest absolute Gasteiger partial charge is 0.378 e. The van der Waals surface area contributed by atoms with E-state index < -0.39 is 27.4 Å². The summed E-state index contributed by atoms with van der Waals surface area (Å²) >= 11 is 0. The van der Waals surface area contributed by atoms with Gasteiger partial charge in [0.2, 0.25) is 16.0 Å². The normalized spacial score (nSPS) is 18.6. The molecule has 162 valence electrons. The molecule has 8 nitrogen and oxygen atoms in total. The summed E-state index contributed by atoms with van der Waals surface area (Å²) in [7, 11) is -3.76. The minimum Gasteiger partial charge on any atom is -0.378 e. The Kier molecular flexibility index (Phi) is 6.11. The maximum Gasteiger partial charge on any atom is 0.227 e. The summed E-state index contributed by atoms with van der Waals surface area (Å²) in [6.45, 7) is 4.12. The van der Waals surface area contributed by atoms with E-state index in [1.54, 1.807) is 12.3 Å². The second kappa shape index (κ2) is 8.78. The van der Waals surface area contributed by atoms with Gasteiger partial charge in [0.1, 0.15) is 17.5 Å². The molecule has 0 bridgehead atoms. The topological polar surface area (TPSA) is 78.9 Å². The van der Waals surface area contributed by atoms with Gasteiger partial charge in [-0.3, -0.25) is 0 Å². The van der Waals surface area contributed by atoms with Crippen molar-refractivity contribution in [1.82, 2.24) is 14.3 Å². The molecule has 2 fully saturated rings. The van der Waals surface area contributed by atoms with Gasteiger partial charge in [-0.05, 0) is 24.3 Å². The van der Waals surface area contributed by atoms with Crippen molar-refractivity contribution in [2.45, 2.75) is 5.75 Å². The van der Waals surface area contributed by atoms with Crippen molar-refractivity contribution in [3.63, 3.8) is 0 Å². The van der Waals surface area contributed by atoms with Gasteiger partial charge < -0.3 is 14.5 Å². The molecule has 2 saturated heterocycles. The van der Waals surface area contributed by atoms with Crippen LogP contribution in [0.15, 0.2) is 30.5 Å². The van der Waals surface area contributed by atoms with Crippen LogP contribution in [0.1, 0.15) is 5.56 Å². The molecule has 2 aliphatic rings. The summed E-state index contributed by atoms with van der Waals surface area (Å²) in [5, 5.41) is 0. The van der Waals surface area contributed by atoms with Crippen molar-refractivity contribution in [1.29, 1.82) is 0 Å². The molecule has 2 aromatic rings. The van der Waals surface area contributed by atoms with E-state index in [2.05, 4.69) is 14.9 Å². The van der Waals surface area contributed by atoms with E-state index in [1.807, 2.05) is 4.90 Å². The van der Waals surface area contributed by atoms with Crippen LogP contribution in [0.25, 0.3) is 0 Å². The number of aromatic nitrogens is 2. The van der Waals surface area contributed by atoms with Crippen LogP contribution in [0, 0.1) is 11.6 Å². The maximum absolute atomic E-state index is 13.9. The number of hydrogen-bond donors (Lipinski definition) is 0. The molecule has 11 heteroatoms. The highest BCUT2D eigenvalue weighted by atomic mass is 32.2. The van der Waals surface area contributed by atoms with E-state index in [-0.39, 0.29) is 18.7 Å². The first-order valence-electron chi connectivity index (χ1n) is 9.75. The summed E-state index contributed by atoms with van der Waals surface area (Å²) in [5.41, 5.74) is -0.164. The molecule has 0 unspecified atom stereocenters. The van der Waals surface area contributed by atoms with Gasteiger partial charge in [0, 0.05) is 51.0 Å². The van der Waals surface area contributed by atoms with Crippen molar-refractivity contribution < 1.29 is 21.9 Å². The number of hydrogen-bond acceptors (Lipinski definition) is 7. The number of benzene rings is 1. The van der Waals surface area contributed by atoms with E-state index in [0.717, 1.165) is 37.1 Å². The van der Waals surface area contributed by atoms with E-state index >= 15 is 0 Å². The SMILES string of the molecule is O=S(=O)(Cc1cc(F)ccc1F)N1CCN(c2ccnc(N3CCOCC3)n2)CC1. The van der Waals surface area contributed by atoms with Gasteiger partial charge in [-0.25, -0.2) is 22.2 Å². The molecule has 3 heterocycles. The average molecular weight is 439 g/mol. The number of nitrogens with zero attached hydrogens (tertiary/aromatic N) is 5. The van der Waals surface area contributed by atoms with Gasteiger partial charge in [0.15, 0.2) is 0 Å². The molecule has 1 aromatic carbocycles. The lowest BCUT2D eigenvalue weighted by molar-refractivity contribution is 0.122. The highest BCUT2D eigenvalue weighted by Crippen LogP contribution is 2.21. The van der Waals surface area contributed by atoms with Crippen molar-refractivity contribution in [3.05, 3.63) is 47.7 Å². The average Bonchev–Trinajstić information content (AvgIpc) is 2.77. The minimum absolute atomic E-state index is 0.164. The predicted octanol–water partition coefficient (Wildman–Crippen LogP) is 1.24. The maximum atomic E-state index is 13.9. The van der Waals surface area contributed by atoms with Crippen LogP contribution in [-0.2, 0) is 20.5 Å². The third-order valence-corrected chi connectivity index (χ3v) is 7.05. The molecule has 4 rings (SSSR count). The summed E-state index contributed by atoms with van der Waals surface area (Å²) in [6.07, 6.45) is 1.70. The van der Waals surface area contributed by atoms with Gasteiger partial charge in [-0.15, -0.1) is 0 Å². The fourth-order valence-electron chi connectivity index (χ4n) is 3.57. The fourth-order valence-corrected chi connectivity index (χ4v) is 5.08. The zero-order valence-corrected chi connectivity index (χ0v) is 17.2. The first kappa shape index (κ1) is 20.9. The Labute approximate surface area is 174 Å². The third kappa shape index (κ3) is 4.68. The number of halogens is 2. The molecule has 0 aliphatic carbocycles. The zero-order chi connectivity index (χ0) is 21.1. The van der Waals surface area contributed by atoms with Gasteiger partial charge >= 0.3 is 0 Å². The molecule has 0 saturated carbocycles. The Morgan fingerprint density at radius 2 is 1.70 bits per heavy atom. The number of rotatable bonds is 5. The Morgan fingerprint density at radius 1 is 0.967 bits per heavy atom. The molecule has 30 heavy (non-hydrogen) atoms. The Morgan fingerprint density at radius 3 is 2.43 bits per heavy atom. The molecule has 0 atom stereocenters. The van der Waals surface area contributed by atoms with E-state index in [9.17, 15) is 17.2 Å². The van der Waals surface area contributed by atoms with Crippen molar-refractivity contribution in [3.8, 4) is 0 Å². The molecular weight excluding hydrogens is 416 g/mol. The molecule has 0 N–H and O–H groups in total. The smallest absolute Gasteiger partial charge is 0.227 e. The molecular formula is C19H23F2N5O3S. The second-order valence-electron chi connectivity index (χ2n) is 7.19. The van der Waals surface area contributed by atoms with Crippen LogP contribution in [0.3, 0.4) is 0 Å². The molecule has 0 amide bonds. The molecule has 2 aliphatic heterocycles. The summed E-state index contributed by atoms with van der Waals surface area (Å²) in [6, 6.07) is 4.64. The zero-order valence-electron chi connectivity index (χ0n) is 16.4. The number of anilines is 2. The quantitative estimate of drug-likeness (QED) is 0.694. The molecule has 0 radical (unpaired) electrons. The third-order valence-electron chi connectivity index (χ3n) is 5.22. The van der Waals surface area contributed by atoms with Gasteiger partial charge in [-0.1, -0.05) is 0 Å². The minimum atomic E-state index is -3.76. The Balaban J connectivity index is 1.40. The fraction of sp³-hybridized carbons (Fsp3) is 0.474. The predicted molar refractivity (Wildman–Crippen MR) is 108 cm³/mol. The van der Waals surface area contributed by atoms with Crippen LogP contribution in [0.2, 0.25) is 0 Å². The van der Waals surface area contributed by atoms with E-state index in [4.69, 9.17) is 4.74 Å². The van der Waals surface area contributed by atoms with Crippen LogP contribution >= 0.6 is 0 Å². The molecule has 0 spiro atoms. The lowest BCUT2D eigenvalue weighted by Gasteiger charge is -2.35. The van der Waals surface area contributed by atoms with E-state index in [1.165, 1.54) is 4.31 Å². The van der Waals surface area contributed by atoms with Gasteiger partial charge in [-0.2, -0.15) is 9.29 Å². The van der Waals surface area contributed by atoms with Crippen molar-refractivity contribution >= 4 is 21.8 Å². The highest BCUT2D eigenvalue weighted by Gasteiger charge is 2.29. The number of sulfonamides is 1. The lowest BCUT2D eigenvalue weighted by Crippen LogP contribution is -2.49. The van der Waals surface area contributed by atoms with Crippen LogP contribution < -0.4 is 9.80 Å². The Hall–Kier alpha value is -2.37. The van der Waals surface area contributed by atoms with Crippen molar-refractivity contribution in [2.75, 3.05) is 62.3 Å². The summed E-state index contributed by atoms with van der Waals surface area (Å²) < 4.78 is 59.3. The van der Waals surface area contributed by atoms with Gasteiger partial charge in [0.25, 0.3) is 0 Å². The summed E-state index contributed by atoms with van der Waals surface area (Å²) in [4.78, 5) is 13.0.